The molecule has 0 atom stereocenters. The molecule has 0 saturated carbocycles. The van der Waals surface area contributed by atoms with Gasteiger partial charge in [0.1, 0.15) is 0 Å². The third-order valence-electron chi connectivity index (χ3n) is 2.81. The fourth-order valence-corrected chi connectivity index (χ4v) is 1.89. The van der Waals surface area contributed by atoms with E-state index in [1.807, 2.05) is 31.6 Å². The fourth-order valence-electron chi connectivity index (χ4n) is 1.89. The highest BCUT2D eigenvalue weighted by Gasteiger charge is 2.03. The summed E-state index contributed by atoms with van der Waals surface area (Å²) >= 11 is 0. The third-order valence-corrected chi connectivity index (χ3v) is 2.81. The molecule has 2 rings (SSSR count). The summed E-state index contributed by atoms with van der Waals surface area (Å²) in [5.74, 6) is 0. The molecule has 2 aromatic rings. The summed E-state index contributed by atoms with van der Waals surface area (Å²) in [4.78, 5) is 8.73. The predicted molar refractivity (Wildman–Crippen MR) is 72.3 cm³/mol. The molecular weight excluding hydrogens is 224 g/mol. The Morgan fingerprint density at radius 1 is 1.33 bits per heavy atom. The molecule has 0 bridgehead atoms. The number of pyridine rings is 1. The van der Waals surface area contributed by atoms with Crippen LogP contribution in [0.3, 0.4) is 0 Å². The van der Waals surface area contributed by atoms with Gasteiger partial charge in [-0.15, -0.1) is 0 Å². The first-order valence-electron chi connectivity index (χ1n) is 6.42. The van der Waals surface area contributed by atoms with Gasteiger partial charge in [0.25, 0.3) is 0 Å². The molecule has 0 aliphatic rings. The summed E-state index contributed by atoms with van der Waals surface area (Å²) in [5, 5.41) is 3.39. The number of hydrogen-bond acceptors (Lipinski definition) is 3. The molecule has 18 heavy (non-hydrogen) atoms. The van der Waals surface area contributed by atoms with Crippen molar-refractivity contribution in [2.24, 2.45) is 0 Å². The lowest BCUT2D eigenvalue weighted by Gasteiger charge is -2.08. The van der Waals surface area contributed by atoms with Crippen molar-refractivity contribution in [2.45, 2.75) is 33.4 Å². The molecule has 1 N–H and O–H groups in total. The van der Waals surface area contributed by atoms with Gasteiger partial charge in [-0.25, -0.2) is 4.98 Å². The zero-order valence-corrected chi connectivity index (χ0v) is 11.1. The molecular formula is C14H20N4. The smallest absolute Gasteiger partial charge is 0.0952 e. The lowest BCUT2D eigenvalue weighted by Crippen LogP contribution is -2.17. The van der Waals surface area contributed by atoms with Crippen LogP contribution in [0.1, 0.15) is 30.4 Å². The first-order chi connectivity index (χ1) is 8.79. The lowest BCUT2D eigenvalue weighted by atomic mass is 10.3. The maximum atomic E-state index is 4.52. The Labute approximate surface area is 108 Å². The quantitative estimate of drug-likeness (QED) is 0.792. The maximum Gasteiger partial charge on any atom is 0.0952 e. The minimum atomic E-state index is 0.783. The van der Waals surface area contributed by atoms with Crippen LogP contribution in [-0.2, 0) is 13.1 Å². The molecule has 2 heterocycles. The van der Waals surface area contributed by atoms with E-state index in [9.17, 15) is 0 Å². The number of nitrogens with one attached hydrogen (secondary N) is 1. The Balaban J connectivity index is 2.03. The van der Waals surface area contributed by atoms with Crippen LogP contribution in [0.15, 0.2) is 30.7 Å². The summed E-state index contributed by atoms with van der Waals surface area (Å²) in [6.45, 7) is 6.86. The van der Waals surface area contributed by atoms with Crippen LogP contribution < -0.4 is 5.32 Å². The van der Waals surface area contributed by atoms with Crippen molar-refractivity contribution in [1.29, 1.82) is 0 Å². The van der Waals surface area contributed by atoms with Crippen LogP contribution in [-0.4, -0.2) is 21.1 Å². The molecule has 4 heteroatoms. The van der Waals surface area contributed by atoms with Gasteiger partial charge >= 0.3 is 0 Å². The highest BCUT2D eigenvalue weighted by molar-refractivity contribution is 5.11. The maximum absolute atomic E-state index is 4.52. The number of imidazole rings is 1. The van der Waals surface area contributed by atoms with Crippen molar-refractivity contribution in [2.75, 3.05) is 6.54 Å². The molecule has 0 saturated heterocycles. The molecule has 0 fully saturated rings. The van der Waals surface area contributed by atoms with E-state index in [2.05, 4.69) is 32.8 Å². The highest BCUT2D eigenvalue weighted by atomic mass is 15.1. The van der Waals surface area contributed by atoms with Crippen LogP contribution in [0.4, 0.5) is 0 Å². The molecule has 96 valence electrons. The van der Waals surface area contributed by atoms with Gasteiger partial charge in [-0.2, -0.15) is 0 Å². The second-order valence-electron chi connectivity index (χ2n) is 4.46. The first kappa shape index (κ1) is 12.8. The van der Waals surface area contributed by atoms with Gasteiger partial charge in [0.2, 0.25) is 0 Å². The largest absolute Gasteiger partial charge is 0.327 e. The average Bonchev–Trinajstić information content (AvgIpc) is 2.77. The van der Waals surface area contributed by atoms with Gasteiger partial charge in [0.05, 0.1) is 24.3 Å². The van der Waals surface area contributed by atoms with Crippen LogP contribution in [0.2, 0.25) is 0 Å². The predicted octanol–water partition coefficient (Wildman–Crippen LogP) is 2.13. The van der Waals surface area contributed by atoms with E-state index in [0.717, 1.165) is 37.4 Å². The standard InChI is InChI=1S/C14H20N4/c1-3-7-15-8-14-9-16-11-18(14)10-13-6-4-5-12(2)17-13/h4-6,9,11,15H,3,7-8,10H2,1-2H3. The molecule has 4 nitrogen and oxygen atoms in total. The fraction of sp³-hybridized carbons (Fsp3) is 0.429. The summed E-state index contributed by atoms with van der Waals surface area (Å²) in [6.07, 6.45) is 4.93. The van der Waals surface area contributed by atoms with E-state index < -0.39 is 0 Å². The Morgan fingerprint density at radius 3 is 3.00 bits per heavy atom. The minimum absolute atomic E-state index is 0.783. The summed E-state index contributed by atoms with van der Waals surface area (Å²) in [7, 11) is 0. The van der Waals surface area contributed by atoms with E-state index in [-0.39, 0.29) is 0 Å². The number of hydrogen-bond donors (Lipinski definition) is 1. The van der Waals surface area contributed by atoms with E-state index in [4.69, 9.17) is 0 Å². The highest BCUT2D eigenvalue weighted by Crippen LogP contribution is 2.05. The van der Waals surface area contributed by atoms with Gasteiger partial charge in [-0.1, -0.05) is 13.0 Å². The molecule has 0 aliphatic carbocycles. The van der Waals surface area contributed by atoms with Crippen molar-refractivity contribution in [3.05, 3.63) is 47.8 Å². The number of aryl methyl sites for hydroxylation is 1. The van der Waals surface area contributed by atoms with E-state index in [1.54, 1.807) is 0 Å². The van der Waals surface area contributed by atoms with E-state index in [1.165, 1.54) is 5.69 Å². The molecule has 2 aromatic heterocycles. The molecule has 0 aliphatic heterocycles. The van der Waals surface area contributed by atoms with E-state index in [0.29, 0.717) is 0 Å². The number of nitrogens with zero attached hydrogens (tertiary/aromatic N) is 3. The Hall–Kier alpha value is -1.68. The average molecular weight is 244 g/mol. The normalized spacial score (nSPS) is 10.8. The monoisotopic (exact) mass is 244 g/mol. The van der Waals surface area contributed by atoms with Gasteiger partial charge in [-0.05, 0) is 32.0 Å². The van der Waals surface area contributed by atoms with Crippen LogP contribution in [0, 0.1) is 6.92 Å². The number of rotatable bonds is 6. The summed E-state index contributed by atoms with van der Waals surface area (Å²) < 4.78 is 2.14. The molecule has 0 radical (unpaired) electrons. The molecule has 0 aromatic carbocycles. The van der Waals surface area contributed by atoms with Gasteiger partial charge in [-0.3, -0.25) is 4.98 Å². The zero-order chi connectivity index (χ0) is 12.8. The van der Waals surface area contributed by atoms with Crippen molar-refractivity contribution in [3.8, 4) is 0 Å². The molecule has 0 amide bonds. The van der Waals surface area contributed by atoms with E-state index >= 15 is 0 Å². The summed E-state index contributed by atoms with van der Waals surface area (Å²) in [5.41, 5.74) is 3.33. The minimum Gasteiger partial charge on any atom is -0.327 e. The summed E-state index contributed by atoms with van der Waals surface area (Å²) in [6, 6.07) is 6.11. The Bertz CT molecular complexity index is 490. The topological polar surface area (TPSA) is 42.7 Å². The van der Waals surface area contributed by atoms with Crippen molar-refractivity contribution in [1.82, 2.24) is 19.9 Å². The third kappa shape index (κ3) is 3.40. The van der Waals surface area contributed by atoms with Crippen molar-refractivity contribution in [3.63, 3.8) is 0 Å². The second-order valence-corrected chi connectivity index (χ2v) is 4.46. The van der Waals surface area contributed by atoms with Gasteiger partial charge in [0.15, 0.2) is 0 Å². The number of aromatic nitrogens is 3. The Morgan fingerprint density at radius 2 is 2.22 bits per heavy atom. The SMILES string of the molecule is CCCNCc1cncn1Cc1cccc(C)n1. The van der Waals surface area contributed by atoms with Crippen LogP contribution in [0.25, 0.3) is 0 Å². The second kappa shape index (κ2) is 6.31. The Kier molecular flexibility index (Phi) is 4.47. The van der Waals surface area contributed by atoms with Crippen molar-refractivity contribution >= 4 is 0 Å². The first-order valence-corrected chi connectivity index (χ1v) is 6.42. The van der Waals surface area contributed by atoms with Crippen LogP contribution >= 0.6 is 0 Å². The van der Waals surface area contributed by atoms with Gasteiger partial charge in [0, 0.05) is 18.4 Å². The zero-order valence-electron chi connectivity index (χ0n) is 11.1. The lowest BCUT2D eigenvalue weighted by molar-refractivity contribution is 0.626. The van der Waals surface area contributed by atoms with Crippen molar-refractivity contribution < 1.29 is 0 Å². The molecule has 0 unspecified atom stereocenters. The van der Waals surface area contributed by atoms with Crippen LogP contribution in [0.5, 0.6) is 0 Å². The van der Waals surface area contributed by atoms with Gasteiger partial charge < -0.3 is 9.88 Å². The molecule has 0 spiro atoms.